The van der Waals surface area contributed by atoms with Crippen LogP contribution in [0.2, 0.25) is 0 Å². The van der Waals surface area contributed by atoms with Gasteiger partial charge in [0.2, 0.25) is 5.95 Å². The van der Waals surface area contributed by atoms with Gasteiger partial charge in [0, 0.05) is 32.5 Å². The number of benzene rings is 7. The summed E-state index contributed by atoms with van der Waals surface area (Å²) in [6.45, 7) is 0. The van der Waals surface area contributed by atoms with Crippen molar-refractivity contribution in [2.45, 2.75) is 0 Å². The highest BCUT2D eigenvalue weighted by Gasteiger charge is 2.18. The molecule has 10 rings (SSSR count). The summed E-state index contributed by atoms with van der Waals surface area (Å²) in [6, 6.07) is 53.1. The quantitative estimate of drug-likeness (QED) is 0.207. The Morgan fingerprint density at radius 2 is 1.11 bits per heavy atom. The summed E-state index contributed by atoms with van der Waals surface area (Å²) in [4.78, 5) is 10.6. The summed E-state index contributed by atoms with van der Waals surface area (Å²) in [5, 5.41) is 8.04. The number of para-hydroxylation sites is 2. The number of hydrogen-bond acceptors (Lipinski definition) is 3. The van der Waals surface area contributed by atoms with Crippen LogP contribution in [0.25, 0.3) is 93.8 Å². The standard InChI is InChI=1S/C42H25N3O/c1-2-10-26(11-3-1)41-35-23-29(30-18-20-33-32-15-7-9-17-39(32)46-40(33)25-30)19-21-36(35)43-42(44-41)45-37-16-8-6-14-31(37)34-22-27-12-4-5-13-28(27)24-38(34)45/h1-25H. The summed E-state index contributed by atoms with van der Waals surface area (Å²) in [5.74, 6) is 0.657. The van der Waals surface area contributed by atoms with Crippen LogP contribution in [0.3, 0.4) is 0 Å². The SMILES string of the molecule is c1ccc(-c2nc(-n3c4ccccc4c4cc5ccccc5cc43)nc3ccc(-c4ccc5c(c4)oc4ccccc45)cc23)cc1. The van der Waals surface area contributed by atoms with Crippen molar-refractivity contribution in [2.75, 3.05) is 0 Å². The molecule has 0 bridgehead atoms. The van der Waals surface area contributed by atoms with Crippen LogP contribution in [-0.4, -0.2) is 14.5 Å². The minimum atomic E-state index is 0.657. The molecule has 3 aromatic heterocycles. The number of aromatic nitrogens is 3. The molecule has 4 heteroatoms. The van der Waals surface area contributed by atoms with E-state index in [1.165, 1.54) is 21.5 Å². The molecule has 0 unspecified atom stereocenters. The van der Waals surface area contributed by atoms with E-state index in [0.717, 1.165) is 66.3 Å². The van der Waals surface area contributed by atoms with Gasteiger partial charge in [-0.2, -0.15) is 0 Å². The molecule has 0 N–H and O–H groups in total. The first kappa shape index (κ1) is 25.1. The molecule has 0 aliphatic heterocycles. The molecule has 10 aromatic rings. The molecule has 214 valence electrons. The Morgan fingerprint density at radius 1 is 0.413 bits per heavy atom. The van der Waals surface area contributed by atoms with Gasteiger partial charge in [0.15, 0.2) is 0 Å². The molecule has 0 atom stereocenters. The fourth-order valence-corrected chi connectivity index (χ4v) is 6.99. The van der Waals surface area contributed by atoms with E-state index in [4.69, 9.17) is 14.4 Å². The average Bonchev–Trinajstić information content (AvgIpc) is 3.65. The molecule has 0 amide bonds. The van der Waals surface area contributed by atoms with Crippen molar-refractivity contribution in [3.63, 3.8) is 0 Å². The number of nitrogens with zero attached hydrogens (tertiary/aromatic N) is 3. The van der Waals surface area contributed by atoms with E-state index in [2.05, 4.69) is 138 Å². The van der Waals surface area contributed by atoms with Gasteiger partial charge < -0.3 is 4.42 Å². The Bertz CT molecular complexity index is 2810. The maximum atomic E-state index is 6.22. The van der Waals surface area contributed by atoms with E-state index >= 15 is 0 Å². The van der Waals surface area contributed by atoms with Crippen LogP contribution in [0.15, 0.2) is 156 Å². The van der Waals surface area contributed by atoms with E-state index in [0.29, 0.717) is 5.95 Å². The van der Waals surface area contributed by atoms with Gasteiger partial charge >= 0.3 is 0 Å². The van der Waals surface area contributed by atoms with Crippen molar-refractivity contribution in [2.24, 2.45) is 0 Å². The summed E-state index contributed by atoms with van der Waals surface area (Å²) < 4.78 is 8.44. The van der Waals surface area contributed by atoms with Crippen LogP contribution < -0.4 is 0 Å². The molecule has 46 heavy (non-hydrogen) atoms. The van der Waals surface area contributed by atoms with E-state index < -0.39 is 0 Å². The monoisotopic (exact) mass is 587 g/mol. The molecule has 0 saturated carbocycles. The maximum absolute atomic E-state index is 6.22. The van der Waals surface area contributed by atoms with E-state index in [1.807, 2.05) is 18.2 Å². The van der Waals surface area contributed by atoms with Gasteiger partial charge in [0.05, 0.1) is 22.2 Å². The van der Waals surface area contributed by atoms with Crippen LogP contribution in [-0.2, 0) is 0 Å². The second-order valence-corrected chi connectivity index (χ2v) is 11.8. The Labute approximate surface area is 263 Å². The zero-order valence-electron chi connectivity index (χ0n) is 24.7. The Morgan fingerprint density at radius 3 is 2.00 bits per heavy atom. The van der Waals surface area contributed by atoms with Gasteiger partial charge in [-0.15, -0.1) is 0 Å². The third-order valence-electron chi connectivity index (χ3n) is 9.18. The predicted octanol–water partition coefficient (Wildman–Crippen LogP) is 11.1. The lowest BCUT2D eigenvalue weighted by Gasteiger charge is -2.13. The molecule has 7 aromatic carbocycles. The molecular formula is C42H25N3O. The highest BCUT2D eigenvalue weighted by molar-refractivity contribution is 6.13. The summed E-state index contributed by atoms with van der Waals surface area (Å²) >= 11 is 0. The van der Waals surface area contributed by atoms with Crippen molar-refractivity contribution in [1.82, 2.24) is 14.5 Å². The Hall–Kier alpha value is -6.26. The average molecular weight is 588 g/mol. The first-order valence-electron chi connectivity index (χ1n) is 15.5. The van der Waals surface area contributed by atoms with Gasteiger partial charge in [-0.05, 0) is 70.4 Å². The largest absolute Gasteiger partial charge is 0.456 e. The second kappa shape index (κ2) is 9.62. The fraction of sp³-hybridized carbons (Fsp3) is 0. The van der Waals surface area contributed by atoms with Gasteiger partial charge in [-0.3, -0.25) is 4.57 Å². The zero-order chi connectivity index (χ0) is 30.2. The molecule has 0 spiro atoms. The van der Waals surface area contributed by atoms with E-state index in [-0.39, 0.29) is 0 Å². The lowest BCUT2D eigenvalue weighted by molar-refractivity contribution is 0.669. The van der Waals surface area contributed by atoms with Gasteiger partial charge in [0.25, 0.3) is 0 Å². The van der Waals surface area contributed by atoms with Gasteiger partial charge in [0.1, 0.15) is 11.2 Å². The lowest BCUT2D eigenvalue weighted by Crippen LogP contribution is -2.03. The normalized spacial score (nSPS) is 11.9. The smallest absolute Gasteiger partial charge is 0.235 e. The van der Waals surface area contributed by atoms with Crippen LogP contribution >= 0.6 is 0 Å². The van der Waals surface area contributed by atoms with E-state index in [9.17, 15) is 0 Å². The molecule has 0 aliphatic rings. The molecule has 0 saturated heterocycles. The van der Waals surface area contributed by atoms with Crippen LogP contribution in [0.1, 0.15) is 0 Å². The minimum absolute atomic E-state index is 0.657. The third kappa shape index (κ3) is 3.74. The van der Waals surface area contributed by atoms with Crippen LogP contribution in [0.5, 0.6) is 0 Å². The Balaban J connectivity index is 1.22. The minimum Gasteiger partial charge on any atom is -0.456 e. The number of rotatable bonds is 3. The predicted molar refractivity (Wildman–Crippen MR) is 190 cm³/mol. The van der Waals surface area contributed by atoms with Crippen LogP contribution in [0.4, 0.5) is 0 Å². The van der Waals surface area contributed by atoms with Gasteiger partial charge in [-0.1, -0.05) is 103 Å². The molecule has 0 radical (unpaired) electrons. The van der Waals surface area contributed by atoms with Crippen LogP contribution in [0, 0.1) is 0 Å². The summed E-state index contributed by atoms with van der Waals surface area (Å²) in [7, 11) is 0. The fourth-order valence-electron chi connectivity index (χ4n) is 6.99. The van der Waals surface area contributed by atoms with Crippen molar-refractivity contribution < 1.29 is 4.42 Å². The molecule has 0 fully saturated rings. The molecule has 4 nitrogen and oxygen atoms in total. The Kier molecular flexibility index (Phi) is 5.25. The zero-order valence-corrected chi connectivity index (χ0v) is 24.7. The summed E-state index contributed by atoms with van der Waals surface area (Å²) in [5.41, 5.74) is 8.98. The topological polar surface area (TPSA) is 43.9 Å². The molecule has 0 aliphatic carbocycles. The maximum Gasteiger partial charge on any atom is 0.235 e. The van der Waals surface area contributed by atoms with Crippen molar-refractivity contribution in [3.05, 3.63) is 152 Å². The number of hydrogen-bond donors (Lipinski definition) is 0. The van der Waals surface area contributed by atoms with Gasteiger partial charge in [-0.25, -0.2) is 9.97 Å². The first-order valence-corrected chi connectivity index (χ1v) is 15.5. The number of furan rings is 1. The van der Waals surface area contributed by atoms with E-state index in [1.54, 1.807) is 0 Å². The number of fused-ring (bicyclic) bond motifs is 8. The molecular weight excluding hydrogens is 562 g/mol. The van der Waals surface area contributed by atoms with Crippen molar-refractivity contribution in [3.8, 4) is 28.3 Å². The van der Waals surface area contributed by atoms with Crippen molar-refractivity contribution >= 4 is 65.4 Å². The van der Waals surface area contributed by atoms with Crippen molar-refractivity contribution in [1.29, 1.82) is 0 Å². The molecule has 3 heterocycles. The third-order valence-corrected chi connectivity index (χ3v) is 9.18. The summed E-state index contributed by atoms with van der Waals surface area (Å²) in [6.07, 6.45) is 0. The first-order chi connectivity index (χ1) is 22.8. The second-order valence-electron chi connectivity index (χ2n) is 11.8. The highest BCUT2D eigenvalue weighted by Crippen LogP contribution is 2.37. The lowest BCUT2D eigenvalue weighted by atomic mass is 9.99. The highest BCUT2D eigenvalue weighted by atomic mass is 16.3.